The number of nitrogens with one attached hydrogen (secondary N) is 2. The second-order valence-electron chi connectivity index (χ2n) is 5.15. The molecular formula is C15H20N4O3S. The van der Waals surface area contributed by atoms with Crippen molar-refractivity contribution in [3.05, 3.63) is 42.2 Å². The number of rotatable bonds is 7. The van der Waals surface area contributed by atoms with E-state index in [2.05, 4.69) is 15.1 Å². The molecule has 0 unspecified atom stereocenters. The van der Waals surface area contributed by atoms with Gasteiger partial charge in [-0.15, -0.1) is 0 Å². The lowest BCUT2D eigenvalue weighted by molar-refractivity contribution is -0.114. The van der Waals surface area contributed by atoms with Crippen molar-refractivity contribution in [1.82, 2.24) is 14.5 Å². The first-order valence-electron chi connectivity index (χ1n) is 7.24. The number of carbonyl (C=O) groups excluding carboxylic acids is 1. The third-order valence-electron chi connectivity index (χ3n) is 3.25. The molecule has 0 aliphatic heterocycles. The van der Waals surface area contributed by atoms with Crippen LogP contribution in [0, 0.1) is 6.92 Å². The van der Waals surface area contributed by atoms with Gasteiger partial charge >= 0.3 is 0 Å². The number of sulfonamides is 1. The highest BCUT2D eigenvalue weighted by Crippen LogP contribution is 2.13. The Balaban J connectivity index is 1.88. The first-order valence-corrected chi connectivity index (χ1v) is 8.72. The van der Waals surface area contributed by atoms with Gasteiger partial charge in [0.2, 0.25) is 15.9 Å². The summed E-state index contributed by atoms with van der Waals surface area (Å²) >= 11 is 0. The molecule has 7 nitrogen and oxygen atoms in total. The van der Waals surface area contributed by atoms with Crippen molar-refractivity contribution in [2.24, 2.45) is 0 Å². The lowest BCUT2D eigenvalue weighted by atomic mass is 10.3. The van der Waals surface area contributed by atoms with Crippen LogP contribution in [0.3, 0.4) is 0 Å². The summed E-state index contributed by atoms with van der Waals surface area (Å²) < 4.78 is 28.7. The van der Waals surface area contributed by atoms with E-state index >= 15 is 0 Å². The standard InChI is InChI=1S/C15H20N4O3S/c1-12-8-10-16-19(12)11-3-9-17-23(21,22)15-6-4-14(5-7-15)18-13(2)20/h4-8,10,17H,3,9,11H2,1-2H3,(H,18,20). The Hall–Kier alpha value is -2.19. The molecule has 0 radical (unpaired) electrons. The SMILES string of the molecule is CC(=O)Nc1ccc(S(=O)(=O)NCCCn2nccc2C)cc1. The molecule has 1 aromatic carbocycles. The molecule has 0 aliphatic carbocycles. The minimum atomic E-state index is -3.55. The van der Waals surface area contributed by atoms with Gasteiger partial charge in [-0.3, -0.25) is 9.48 Å². The Morgan fingerprint density at radius 1 is 1.22 bits per heavy atom. The van der Waals surface area contributed by atoms with E-state index in [9.17, 15) is 13.2 Å². The minimum absolute atomic E-state index is 0.168. The number of carbonyl (C=O) groups is 1. The Kier molecular flexibility index (Phi) is 5.51. The number of aromatic nitrogens is 2. The van der Waals surface area contributed by atoms with E-state index in [0.29, 0.717) is 25.2 Å². The van der Waals surface area contributed by atoms with Crippen LogP contribution in [0.2, 0.25) is 0 Å². The Labute approximate surface area is 135 Å². The molecule has 8 heteroatoms. The minimum Gasteiger partial charge on any atom is -0.326 e. The quantitative estimate of drug-likeness (QED) is 0.750. The molecule has 1 amide bonds. The van der Waals surface area contributed by atoms with Crippen LogP contribution in [0.25, 0.3) is 0 Å². The monoisotopic (exact) mass is 336 g/mol. The molecule has 2 aromatic rings. The van der Waals surface area contributed by atoms with E-state index in [4.69, 9.17) is 0 Å². The third kappa shape index (κ3) is 4.90. The van der Waals surface area contributed by atoms with E-state index in [1.807, 2.05) is 17.7 Å². The van der Waals surface area contributed by atoms with Crippen molar-refractivity contribution in [2.45, 2.75) is 31.7 Å². The number of anilines is 1. The summed E-state index contributed by atoms with van der Waals surface area (Å²) in [5.74, 6) is -0.201. The molecule has 0 spiro atoms. The normalized spacial score (nSPS) is 11.4. The van der Waals surface area contributed by atoms with Gasteiger partial charge in [-0.1, -0.05) is 0 Å². The maximum Gasteiger partial charge on any atom is 0.240 e. The Morgan fingerprint density at radius 3 is 2.48 bits per heavy atom. The molecule has 0 atom stereocenters. The molecule has 1 aromatic heterocycles. The van der Waals surface area contributed by atoms with Gasteiger partial charge in [-0.05, 0) is 43.7 Å². The van der Waals surface area contributed by atoms with Crippen molar-refractivity contribution in [3.63, 3.8) is 0 Å². The second kappa shape index (κ2) is 7.38. The van der Waals surface area contributed by atoms with Gasteiger partial charge in [0, 0.05) is 37.6 Å². The van der Waals surface area contributed by atoms with Crippen LogP contribution < -0.4 is 10.0 Å². The first kappa shape index (κ1) is 17.2. The van der Waals surface area contributed by atoms with Crippen LogP contribution in [0.1, 0.15) is 19.0 Å². The van der Waals surface area contributed by atoms with Crippen molar-refractivity contribution in [2.75, 3.05) is 11.9 Å². The van der Waals surface area contributed by atoms with E-state index in [1.165, 1.54) is 19.1 Å². The first-order chi connectivity index (χ1) is 10.9. The number of hydrogen-bond donors (Lipinski definition) is 2. The average molecular weight is 336 g/mol. The summed E-state index contributed by atoms with van der Waals surface area (Å²) in [6.07, 6.45) is 2.36. The fourth-order valence-corrected chi connectivity index (χ4v) is 3.15. The molecule has 0 bridgehead atoms. The lowest BCUT2D eigenvalue weighted by Gasteiger charge is -2.08. The summed E-state index contributed by atoms with van der Waals surface area (Å²) in [7, 11) is -3.55. The fourth-order valence-electron chi connectivity index (χ4n) is 2.07. The van der Waals surface area contributed by atoms with Crippen LogP contribution in [0.5, 0.6) is 0 Å². The zero-order valence-corrected chi connectivity index (χ0v) is 13.9. The smallest absolute Gasteiger partial charge is 0.240 e. The van der Waals surface area contributed by atoms with Gasteiger partial charge in [-0.2, -0.15) is 5.10 Å². The molecule has 23 heavy (non-hydrogen) atoms. The van der Waals surface area contributed by atoms with Crippen molar-refractivity contribution >= 4 is 21.6 Å². The predicted octanol–water partition coefficient (Wildman–Crippen LogP) is 1.52. The van der Waals surface area contributed by atoms with E-state index < -0.39 is 10.0 Å². The number of benzene rings is 1. The molecule has 2 N–H and O–H groups in total. The number of aryl methyl sites for hydroxylation is 2. The largest absolute Gasteiger partial charge is 0.326 e. The van der Waals surface area contributed by atoms with Crippen molar-refractivity contribution in [1.29, 1.82) is 0 Å². The van der Waals surface area contributed by atoms with Gasteiger partial charge in [-0.25, -0.2) is 13.1 Å². The molecule has 0 fully saturated rings. The molecule has 0 saturated carbocycles. The van der Waals surface area contributed by atoms with Crippen LogP contribution in [0.15, 0.2) is 41.4 Å². The molecular weight excluding hydrogens is 316 g/mol. The molecule has 0 saturated heterocycles. The third-order valence-corrected chi connectivity index (χ3v) is 4.73. The van der Waals surface area contributed by atoms with Crippen LogP contribution in [-0.4, -0.2) is 30.7 Å². The topological polar surface area (TPSA) is 93.1 Å². The maximum absolute atomic E-state index is 12.2. The fraction of sp³-hybridized carbons (Fsp3) is 0.333. The van der Waals surface area contributed by atoms with Crippen LogP contribution in [0.4, 0.5) is 5.69 Å². The van der Waals surface area contributed by atoms with Gasteiger partial charge in [0.15, 0.2) is 0 Å². The molecule has 124 valence electrons. The average Bonchev–Trinajstić information content (AvgIpc) is 2.89. The van der Waals surface area contributed by atoms with Gasteiger partial charge < -0.3 is 5.32 Å². The van der Waals surface area contributed by atoms with E-state index in [1.54, 1.807) is 18.3 Å². The summed E-state index contributed by atoms with van der Waals surface area (Å²) in [5, 5.41) is 6.74. The summed E-state index contributed by atoms with van der Waals surface area (Å²) in [6.45, 7) is 4.33. The van der Waals surface area contributed by atoms with Crippen LogP contribution in [-0.2, 0) is 21.4 Å². The van der Waals surface area contributed by atoms with E-state index in [-0.39, 0.29) is 10.8 Å². The summed E-state index contributed by atoms with van der Waals surface area (Å²) in [5.41, 5.74) is 1.60. The highest BCUT2D eigenvalue weighted by molar-refractivity contribution is 7.89. The summed E-state index contributed by atoms with van der Waals surface area (Å²) in [6, 6.07) is 7.95. The van der Waals surface area contributed by atoms with Crippen molar-refractivity contribution < 1.29 is 13.2 Å². The van der Waals surface area contributed by atoms with Gasteiger partial charge in [0.05, 0.1) is 4.90 Å². The molecule has 1 heterocycles. The number of amides is 1. The molecule has 0 aliphatic rings. The predicted molar refractivity (Wildman–Crippen MR) is 87.5 cm³/mol. The van der Waals surface area contributed by atoms with Gasteiger partial charge in [0.1, 0.15) is 0 Å². The summed E-state index contributed by atoms with van der Waals surface area (Å²) in [4.78, 5) is 11.1. The number of nitrogens with zero attached hydrogens (tertiary/aromatic N) is 2. The van der Waals surface area contributed by atoms with E-state index in [0.717, 1.165) is 5.69 Å². The Bertz CT molecular complexity index is 766. The Morgan fingerprint density at radius 2 is 1.91 bits per heavy atom. The molecule has 2 rings (SSSR count). The number of hydrogen-bond acceptors (Lipinski definition) is 4. The van der Waals surface area contributed by atoms with Gasteiger partial charge in [0.25, 0.3) is 0 Å². The second-order valence-corrected chi connectivity index (χ2v) is 6.92. The van der Waals surface area contributed by atoms with Crippen LogP contribution >= 0.6 is 0 Å². The maximum atomic E-state index is 12.2. The lowest BCUT2D eigenvalue weighted by Crippen LogP contribution is -2.25. The highest BCUT2D eigenvalue weighted by atomic mass is 32.2. The highest BCUT2D eigenvalue weighted by Gasteiger charge is 2.13. The zero-order valence-electron chi connectivity index (χ0n) is 13.1. The van der Waals surface area contributed by atoms with Crippen molar-refractivity contribution in [3.8, 4) is 0 Å². The zero-order chi connectivity index (χ0) is 16.9.